The number of carboxylic acids is 1. The van der Waals surface area contributed by atoms with Crippen molar-refractivity contribution >= 4 is 11.9 Å². The molecule has 0 radical (unpaired) electrons. The van der Waals surface area contributed by atoms with Gasteiger partial charge in [0.1, 0.15) is 0 Å². The summed E-state index contributed by atoms with van der Waals surface area (Å²) in [7, 11) is 0. The average molecular weight is 250 g/mol. The Hall–Kier alpha value is -1.91. The third-order valence-electron chi connectivity index (χ3n) is 3.15. The average Bonchev–Trinajstić information content (AvgIpc) is 2.35. The second-order valence-corrected chi connectivity index (χ2v) is 4.44. The largest absolute Gasteiger partial charge is 0.481 e. The van der Waals surface area contributed by atoms with E-state index in [1.807, 2.05) is 13.0 Å². The van der Waals surface area contributed by atoms with Crippen LogP contribution in [0.25, 0.3) is 0 Å². The molecule has 18 heavy (non-hydrogen) atoms. The molecule has 1 rings (SSSR count). The van der Waals surface area contributed by atoms with Crippen LogP contribution >= 0.6 is 0 Å². The van der Waals surface area contributed by atoms with Crippen molar-refractivity contribution in [3.63, 3.8) is 0 Å². The molecular weight excluding hydrogens is 232 g/mol. The standard InChI is InChI=1S/C13H18N2O3/c1-8-4-5-14-6-11(8)7-15-12(16)9(2)10(3)13(17)18/h4-6,9-10H,7H2,1-3H3,(H,15,16)(H,17,18). The van der Waals surface area contributed by atoms with E-state index in [-0.39, 0.29) is 5.91 Å². The molecule has 98 valence electrons. The van der Waals surface area contributed by atoms with E-state index in [0.717, 1.165) is 11.1 Å². The van der Waals surface area contributed by atoms with Crippen LogP contribution in [0.15, 0.2) is 18.5 Å². The summed E-state index contributed by atoms with van der Waals surface area (Å²) in [6.45, 7) is 5.45. The zero-order valence-corrected chi connectivity index (χ0v) is 10.8. The van der Waals surface area contributed by atoms with Gasteiger partial charge in [-0.25, -0.2) is 0 Å². The molecule has 1 aromatic rings. The van der Waals surface area contributed by atoms with Crippen LogP contribution in [0.2, 0.25) is 0 Å². The quantitative estimate of drug-likeness (QED) is 0.827. The second kappa shape index (κ2) is 6.14. The number of pyridine rings is 1. The highest BCUT2D eigenvalue weighted by atomic mass is 16.4. The van der Waals surface area contributed by atoms with E-state index < -0.39 is 17.8 Å². The van der Waals surface area contributed by atoms with Gasteiger partial charge < -0.3 is 10.4 Å². The van der Waals surface area contributed by atoms with Gasteiger partial charge in [-0.05, 0) is 24.1 Å². The van der Waals surface area contributed by atoms with E-state index >= 15 is 0 Å². The lowest BCUT2D eigenvalue weighted by Crippen LogP contribution is -2.35. The fourth-order valence-electron chi connectivity index (χ4n) is 1.47. The van der Waals surface area contributed by atoms with Crippen molar-refractivity contribution in [1.82, 2.24) is 10.3 Å². The molecule has 0 aliphatic carbocycles. The number of hydrogen-bond acceptors (Lipinski definition) is 3. The summed E-state index contributed by atoms with van der Waals surface area (Å²) in [6.07, 6.45) is 3.39. The Morgan fingerprint density at radius 3 is 2.61 bits per heavy atom. The van der Waals surface area contributed by atoms with Crippen LogP contribution in [0.5, 0.6) is 0 Å². The minimum Gasteiger partial charge on any atom is -0.481 e. The Morgan fingerprint density at radius 1 is 1.39 bits per heavy atom. The number of rotatable bonds is 5. The Bertz CT molecular complexity index is 446. The Balaban J connectivity index is 2.56. The molecule has 0 fully saturated rings. The smallest absolute Gasteiger partial charge is 0.307 e. The third kappa shape index (κ3) is 3.55. The molecule has 0 aliphatic rings. The van der Waals surface area contributed by atoms with E-state index in [2.05, 4.69) is 10.3 Å². The molecule has 0 bridgehead atoms. The Kier molecular flexibility index (Phi) is 4.83. The number of carbonyl (C=O) groups excluding carboxylic acids is 1. The van der Waals surface area contributed by atoms with Crippen LogP contribution in [0.3, 0.4) is 0 Å². The molecule has 0 saturated carbocycles. The molecule has 0 spiro atoms. The van der Waals surface area contributed by atoms with Crippen molar-refractivity contribution in [2.75, 3.05) is 0 Å². The van der Waals surface area contributed by atoms with Gasteiger partial charge in [0.05, 0.1) is 5.92 Å². The highest BCUT2D eigenvalue weighted by Gasteiger charge is 2.25. The molecule has 0 aliphatic heterocycles. The third-order valence-corrected chi connectivity index (χ3v) is 3.15. The van der Waals surface area contributed by atoms with E-state index in [1.165, 1.54) is 6.92 Å². The first kappa shape index (κ1) is 14.2. The summed E-state index contributed by atoms with van der Waals surface area (Å²) in [5, 5.41) is 11.6. The monoisotopic (exact) mass is 250 g/mol. The van der Waals surface area contributed by atoms with Crippen LogP contribution in [0, 0.1) is 18.8 Å². The first-order valence-corrected chi connectivity index (χ1v) is 5.83. The first-order chi connectivity index (χ1) is 8.43. The van der Waals surface area contributed by atoms with Gasteiger partial charge in [-0.15, -0.1) is 0 Å². The number of carboxylic acid groups (broad SMARTS) is 1. The second-order valence-electron chi connectivity index (χ2n) is 4.44. The summed E-state index contributed by atoms with van der Waals surface area (Å²) in [6, 6.07) is 1.87. The number of nitrogens with zero attached hydrogens (tertiary/aromatic N) is 1. The van der Waals surface area contributed by atoms with Crippen molar-refractivity contribution in [3.8, 4) is 0 Å². The van der Waals surface area contributed by atoms with Gasteiger partial charge in [0.15, 0.2) is 0 Å². The van der Waals surface area contributed by atoms with Crippen LogP contribution in [-0.4, -0.2) is 22.0 Å². The molecule has 2 atom stereocenters. The molecular formula is C13H18N2O3. The van der Waals surface area contributed by atoms with Crippen molar-refractivity contribution in [1.29, 1.82) is 0 Å². The minimum atomic E-state index is -0.963. The molecule has 5 nitrogen and oxygen atoms in total. The Morgan fingerprint density at radius 2 is 2.06 bits per heavy atom. The van der Waals surface area contributed by atoms with Crippen LogP contribution in [0.4, 0.5) is 0 Å². The molecule has 5 heteroatoms. The van der Waals surface area contributed by atoms with Gasteiger partial charge in [0, 0.05) is 24.9 Å². The fraction of sp³-hybridized carbons (Fsp3) is 0.462. The van der Waals surface area contributed by atoms with Crippen LogP contribution in [-0.2, 0) is 16.1 Å². The molecule has 2 unspecified atom stereocenters. The fourth-order valence-corrected chi connectivity index (χ4v) is 1.47. The van der Waals surface area contributed by atoms with E-state index in [9.17, 15) is 9.59 Å². The lowest BCUT2D eigenvalue weighted by molar-refractivity contribution is -0.146. The number of aryl methyl sites for hydroxylation is 1. The lowest BCUT2D eigenvalue weighted by Gasteiger charge is -2.16. The number of amides is 1. The van der Waals surface area contributed by atoms with Crippen LogP contribution in [0.1, 0.15) is 25.0 Å². The van der Waals surface area contributed by atoms with Crippen molar-refractivity contribution < 1.29 is 14.7 Å². The van der Waals surface area contributed by atoms with Gasteiger partial charge in [0.25, 0.3) is 0 Å². The number of carbonyl (C=O) groups is 2. The molecule has 0 aromatic carbocycles. The Labute approximate surface area is 106 Å². The number of hydrogen-bond donors (Lipinski definition) is 2. The lowest BCUT2D eigenvalue weighted by atomic mass is 9.95. The first-order valence-electron chi connectivity index (χ1n) is 5.83. The maximum Gasteiger partial charge on any atom is 0.307 e. The van der Waals surface area contributed by atoms with Gasteiger partial charge in [-0.2, -0.15) is 0 Å². The summed E-state index contributed by atoms with van der Waals surface area (Å²) in [5.74, 6) is -2.47. The van der Waals surface area contributed by atoms with E-state index in [1.54, 1.807) is 19.3 Å². The molecule has 1 aromatic heterocycles. The van der Waals surface area contributed by atoms with Gasteiger partial charge in [-0.1, -0.05) is 13.8 Å². The van der Waals surface area contributed by atoms with Crippen molar-refractivity contribution in [2.24, 2.45) is 11.8 Å². The summed E-state index contributed by atoms with van der Waals surface area (Å²) >= 11 is 0. The maximum absolute atomic E-state index is 11.8. The van der Waals surface area contributed by atoms with Crippen molar-refractivity contribution in [3.05, 3.63) is 29.6 Å². The maximum atomic E-state index is 11.8. The highest BCUT2D eigenvalue weighted by molar-refractivity contribution is 5.84. The topological polar surface area (TPSA) is 79.3 Å². The zero-order chi connectivity index (χ0) is 13.7. The van der Waals surface area contributed by atoms with Gasteiger partial charge in [0.2, 0.25) is 5.91 Å². The zero-order valence-electron chi connectivity index (χ0n) is 10.8. The molecule has 1 heterocycles. The number of aliphatic carboxylic acids is 1. The van der Waals surface area contributed by atoms with E-state index in [0.29, 0.717) is 6.54 Å². The molecule has 0 saturated heterocycles. The predicted molar refractivity (Wildman–Crippen MR) is 66.8 cm³/mol. The minimum absolute atomic E-state index is 0.256. The highest BCUT2D eigenvalue weighted by Crippen LogP contribution is 2.12. The normalized spacial score (nSPS) is 13.7. The van der Waals surface area contributed by atoms with Crippen molar-refractivity contribution in [2.45, 2.75) is 27.3 Å². The summed E-state index contributed by atoms with van der Waals surface area (Å²) in [5.41, 5.74) is 1.98. The molecule has 2 N–H and O–H groups in total. The number of aromatic nitrogens is 1. The van der Waals surface area contributed by atoms with Gasteiger partial charge in [-0.3, -0.25) is 14.6 Å². The van der Waals surface area contributed by atoms with Gasteiger partial charge >= 0.3 is 5.97 Å². The number of nitrogens with one attached hydrogen (secondary N) is 1. The van der Waals surface area contributed by atoms with E-state index in [4.69, 9.17) is 5.11 Å². The predicted octanol–water partition coefficient (Wildman–Crippen LogP) is 1.36. The summed E-state index contributed by atoms with van der Waals surface area (Å²) in [4.78, 5) is 26.5. The SMILES string of the molecule is Cc1ccncc1CNC(=O)C(C)C(C)C(=O)O. The van der Waals surface area contributed by atoms with Crippen LogP contribution < -0.4 is 5.32 Å². The summed E-state index contributed by atoms with van der Waals surface area (Å²) < 4.78 is 0. The molecule has 1 amide bonds.